The van der Waals surface area contributed by atoms with E-state index in [2.05, 4.69) is 15.5 Å². The normalized spacial score (nSPS) is 16.1. The lowest BCUT2D eigenvalue weighted by Crippen LogP contribution is -2.43. The third-order valence-electron chi connectivity index (χ3n) is 3.33. The average molecular weight is 397 g/mol. The molecule has 0 saturated carbocycles. The first-order valence-electron chi connectivity index (χ1n) is 7.36. The highest BCUT2D eigenvalue weighted by Crippen LogP contribution is 2.26. The number of halogens is 1. The minimum absolute atomic E-state index is 0. The smallest absolute Gasteiger partial charge is 0.316 e. The number of carbonyl (C=O) groups is 2. The average Bonchev–Trinajstić information content (AvgIpc) is 3.01. The molecule has 11 heteroatoms. The standard InChI is InChI=1S/C13H20N4O4S2.ClH/c1-2-21-9(18)7-22-13-17-16-12(23-13)15-11(19)10(14)8-3-5-20-6-4-8;/h8,10H,2-7,14H2,1H3,(H,15,16,19);1H. The number of hydrogen-bond donors (Lipinski definition) is 2. The molecule has 3 N–H and O–H groups in total. The first-order valence-corrected chi connectivity index (χ1v) is 9.16. The van der Waals surface area contributed by atoms with E-state index in [0.29, 0.717) is 29.3 Å². The molecule has 1 aromatic rings. The molecule has 1 atom stereocenters. The topological polar surface area (TPSA) is 116 Å². The fourth-order valence-corrected chi connectivity index (χ4v) is 3.67. The predicted molar refractivity (Wildman–Crippen MR) is 94.7 cm³/mol. The van der Waals surface area contributed by atoms with Crippen LogP contribution in [0.4, 0.5) is 5.13 Å². The summed E-state index contributed by atoms with van der Waals surface area (Å²) in [5.41, 5.74) is 6.00. The second kappa shape index (κ2) is 10.8. The SMILES string of the molecule is CCOC(=O)CSc1nnc(NC(=O)C(N)C2CCOCC2)s1.Cl. The van der Waals surface area contributed by atoms with Gasteiger partial charge in [-0.2, -0.15) is 0 Å². The van der Waals surface area contributed by atoms with E-state index in [-0.39, 0.29) is 36.0 Å². The van der Waals surface area contributed by atoms with Crippen molar-refractivity contribution in [3.8, 4) is 0 Å². The summed E-state index contributed by atoms with van der Waals surface area (Å²) in [7, 11) is 0. The second-order valence-corrected chi connectivity index (χ2v) is 7.13. The number of esters is 1. The Morgan fingerprint density at radius 1 is 1.46 bits per heavy atom. The molecule has 1 aliphatic heterocycles. The molecule has 0 spiro atoms. The van der Waals surface area contributed by atoms with Gasteiger partial charge in [-0.25, -0.2) is 0 Å². The molecule has 0 bridgehead atoms. The van der Waals surface area contributed by atoms with E-state index in [4.69, 9.17) is 15.2 Å². The maximum Gasteiger partial charge on any atom is 0.316 e. The Morgan fingerprint density at radius 3 is 2.83 bits per heavy atom. The molecule has 0 aliphatic carbocycles. The fraction of sp³-hybridized carbons (Fsp3) is 0.692. The first kappa shape index (κ1) is 21.1. The van der Waals surface area contributed by atoms with E-state index >= 15 is 0 Å². The van der Waals surface area contributed by atoms with E-state index in [9.17, 15) is 9.59 Å². The first-order chi connectivity index (χ1) is 11.1. The predicted octanol–water partition coefficient (Wildman–Crippen LogP) is 1.31. The van der Waals surface area contributed by atoms with Gasteiger partial charge in [-0.3, -0.25) is 14.9 Å². The van der Waals surface area contributed by atoms with Crippen LogP contribution in [-0.2, 0) is 19.1 Å². The van der Waals surface area contributed by atoms with Gasteiger partial charge in [0, 0.05) is 13.2 Å². The number of aromatic nitrogens is 2. The highest BCUT2D eigenvalue weighted by molar-refractivity contribution is 8.01. The van der Waals surface area contributed by atoms with Gasteiger partial charge in [0.25, 0.3) is 0 Å². The molecule has 2 heterocycles. The van der Waals surface area contributed by atoms with Crippen LogP contribution in [0.1, 0.15) is 19.8 Å². The molecule has 24 heavy (non-hydrogen) atoms. The lowest BCUT2D eigenvalue weighted by Gasteiger charge is -2.26. The minimum Gasteiger partial charge on any atom is -0.465 e. The zero-order valence-corrected chi connectivity index (χ0v) is 15.7. The summed E-state index contributed by atoms with van der Waals surface area (Å²) < 4.78 is 10.7. The van der Waals surface area contributed by atoms with E-state index in [1.54, 1.807) is 6.92 Å². The molecular weight excluding hydrogens is 376 g/mol. The minimum atomic E-state index is -0.585. The quantitative estimate of drug-likeness (QED) is 0.402. The van der Waals surface area contributed by atoms with Gasteiger partial charge in [-0.15, -0.1) is 22.6 Å². The third-order valence-corrected chi connectivity index (χ3v) is 5.28. The molecule has 1 unspecified atom stereocenters. The largest absolute Gasteiger partial charge is 0.465 e. The van der Waals surface area contributed by atoms with Crippen molar-refractivity contribution in [2.24, 2.45) is 11.7 Å². The van der Waals surface area contributed by atoms with Crippen molar-refractivity contribution in [2.45, 2.75) is 30.1 Å². The lowest BCUT2D eigenvalue weighted by atomic mass is 9.92. The third kappa shape index (κ3) is 6.52. The summed E-state index contributed by atoms with van der Waals surface area (Å²) in [6.45, 7) is 3.38. The van der Waals surface area contributed by atoms with Crippen molar-refractivity contribution in [2.75, 3.05) is 30.9 Å². The van der Waals surface area contributed by atoms with E-state index in [1.807, 2.05) is 0 Å². The number of rotatable bonds is 7. The van der Waals surface area contributed by atoms with Gasteiger partial charge >= 0.3 is 5.97 Å². The monoisotopic (exact) mass is 396 g/mol. The maximum atomic E-state index is 12.2. The number of hydrogen-bond acceptors (Lipinski definition) is 9. The summed E-state index contributed by atoms with van der Waals surface area (Å²) >= 11 is 2.43. The number of thioether (sulfide) groups is 1. The molecule has 0 aromatic carbocycles. The molecule has 1 amide bonds. The van der Waals surface area contributed by atoms with Gasteiger partial charge in [0.1, 0.15) is 0 Å². The molecular formula is C13H21ClN4O4S2. The fourth-order valence-electron chi connectivity index (χ4n) is 2.12. The van der Waals surface area contributed by atoms with Crippen molar-refractivity contribution in [3.05, 3.63) is 0 Å². The number of nitrogens with two attached hydrogens (primary N) is 1. The van der Waals surface area contributed by atoms with Crippen molar-refractivity contribution in [1.82, 2.24) is 10.2 Å². The van der Waals surface area contributed by atoms with Gasteiger partial charge in [-0.05, 0) is 25.7 Å². The van der Waals surface area contributed by atoms with Crippen LogP contribution < -0.4 is 11.1 Å². The maximum absolute atomic E-state index is 12.2. The Balaban J connectivity index is 0.00000288. The number of carbonyl (C=O) groups excluding carboxylic acids is 2. The van der Waals surface area contributed by atoms with Crippen LogP contribution >= 0.6 is 35.5 Å². The summed E-state index contributed by atoms with van der Waals surface area (Å²) in [6.07, 6.45) is 1.57. The summed E-state index contributed by atoms with van der Waals surface area (Å²) in [5, 5.41) is 10.9. The van der Waals surface area contributed by atoms with Gasteiger partial charge < -0.3 is 15.2 Å². The Bertz CT molecular complexity index is 540. The van der Waals surface area contributed by atoms with Gasteiger partial charge in [-0.1, -0.05) is 23.1 Å². The molecule has 0 radical (unpaired) electrons. The van der Waals surface area contributed by atoms with Crippen LogP contribution in [0.5, 0.6) is 0 Å². The Kier molecular flexibility index (Phi) is 9.52. The van der Waals surface area contributed by atoms with Gasteiger partial charge in [0.05, 0.1) is 18.4 Å². The van der Waals surface area contributed by atoms with Crippen molar-refractivity contribution < 1.29 is 19.1 Å². The zero-order valence-electron chi connectivity index (χ0n) is 13.2. The number of nitrogens with zero attached hydrogens (tertiary/aromatic N) is 2. The second-order valence-electron chi connectivity index (χ2n) is 4.93. The van der Waals surface area contributed by atoms with Crippen LogP contribution in [-0.4, -0.2) is 53.7 Å². The van der Waals surface area contributed by atoms with Crippen LogP contribution in [0.25, 0.3) is 0 Å². The van der Waals surface area contributed by atoms with Crippen LogP contribution in [0.3, 0.4) is 0 Å². The molecule has 2 rings (SSSR count). The van der Waals surface area contributed by atoms with Gasteiger partial charge in [0.2, 0.25) is 11.0 Å². The number of nitrogens with one attached hydrogen (secondary N) is 1. The molecule has 1 saturated heterocycles. The number of ether oxygens (including phenoxy) is 2. The van der Waals surface area contributed by atoms with Crippen LogP contribution in [0.2, 0.25) is 0 Å². The molecule has 136 valence electrons. The highest BCUT2D eigenvalue weighted by atomic mass is 35.5. The highest BCUT2D eigenvalue weighted by Gasteiger charge is 2.27. The molecule has 1 aromatic heterocycles. The Labute approximate surface area is 154 Å². The van der Waals surface area contributed by atoms with Crippen molar-refractivity contribution in [1.29, 1.82) is 0 Å². The van der Waals surface area contributed by atoms with E-state index in [1.165, 1.54) is 23.1 Å². The van der Waals surface area contributed by atoms with Crippen LogP contribution in [0, 0.1) is 5.92 Å². The van der Waals surface area contributed by atoms with E-state index in [0.717, 1.165) is 12.8 Å². The van der Waals surface area contributed by atoms with Gasteiger partial charge in [0.15, 0.2) is 4.34 Å². The summed E-state index contributed by atoms with van der Waals surface area (Å²) in [4.78, 5) is 23.4. The van der Waals surface area contributed by atoms with Crippen molar-refractivity contribution in [3.63, 3.8) is 0 Å². The summed E-state index contributed by atoms with van der Waals surface area (Å²) in [6, 6.07) is -0.585. The molecule has 1 aliphatic rings. The zero-order chi connectivity index (χ0) is 16.7. The molecule has 8 nitrogen and oxygen atoms in total. The van der Waals surface area contributed by atoms with Crippen molar-refractivity contribution >= 4 is 52.5 Å². The lowest BCUT2D eigenvalue weighted by molar-refractivity contribution is -0.139. The summed E-state index contributed by atoms with van der Waals surface area (Å²) in [5.74, 6) is -0.290. The number of anilines is 1. The van der Waals surface area contributed by atoms with Crippen LogP contribution in [0.15, 0.2) is 4.34 Å². The Morgan fingerprint density at radius 2 is 2.17 bits per heavy atom. The number of amides is 1. The Hall–Kier alpha value is -0.940. The van der Waals surface area contributed by atoms with E-state index < -0.39 is 6.04 Å². The molecule has 1 fully saturated rings.